The Balaban J connectivity index is 0.00000162. The van der Waals surface area contributed by atoms with Gasteiger partial charge in [0.1, 0.15) is 0 Å². The number of ether oxygens (including phenoxy) is 1. The number of halogens is 1. The van der Waals surface area contributed by atoms with Crippen LogP contribution in [0.3, 0.4) is 0 Å². The van der Waals surface area contributed by atoms with Gasteiger partial charge in [-0.1, -0.05) is 38.1 Å². The minimum absolute atomic E-state index is 0. The van der Waals surface area contributed by atoms with Gasteiger partial charge in [0.05, 0.1) is 6.10 Å². The van der Waals surface area contributed by atoms with E-state index in [-0.39, 0.29) is 12.4 Å². The number of nitrogens with one attached hydrogen (secondary N) is 1. The fourth-order valence-electron chi connectivity index (χ4n) is 2.20. The molecule has 1 N–H and O–H groups in total. The summed E-state index contributed by atoms with van der Waals surface area (Å²) < 4.78 is 5.58. The summed E-state index contributed by atoms with van der Waals surface area (Å²) in [7, 11) is 0. The van der Waals surface area contributed by atoms with E-state index in [0.717, 1.165) is 19.7 Å². The Labute approximate surface area is 117 Å². The predicted molar refractivity (Wildman–Crippen MR) is 71.2 cm³/mol. The molecule has 3 heteroatoms. The average Bonchev–Trinajstić information content (AvgIpc) is 2.83. The molecule has 1 aromatic carbocycles. The summed E-state index contributed by atoms with van der Waals surface area (Å²) in [5.74, 6) is 0.615. The second-order valence-corrected chi connectivity index (χ2v) is 5.16. The van der Waals surface area contributed by atoms with Crippen LogP contribution >= 0.6 is 0 Å². The summed E-state index contributed by atoms with van der Waals surface area (Å²) in [6.45, 7) is 7.31. The van der Waals surface area contributed by atoms with Crippen LogP contribution < -0.4 is 17.7 Å². The predicted octanol–water partition coefficient (Wildman–Crippen LogP) is 0.0826. The third-order valence-corrected chi connectivity index (χ3v) is 3.37. The molecule has 1 fully saturated rings. The number of benzene rings is 1. The van der Waals surface area contributed by atoms with Gasteiger partial charge in [0.2, 0.25) is 0 Å². The maximum absolute atomic E-state index is 5.58. The molecule has 2 nitrogen and oxygen atoms in total. The average molecular weight is 269 g/mol. The minimum Gasteiger partial charge on any atom is -1.00 e. The van der Waals surface area contributed by atoms with Gasteiger partial charge in [0, 0.05) is 19.7 Å². The Hall–Kier alpha value is -0.570. The van der Waals surface area contributed by atoms with E-state index in [1.165, 1.54) is 24.0 Å². The van der Waals surface area contributed by atoms with Crippen molar-refractivity contribution >= 4 is 0 Å². The van der Waals surface area contributed by atoms with Crippen LogP contribution in [0.4, 0.5) is 0 Å². The molecule has 1 atom stereocenters. The molecule has 0 spiro atoms. The number of rotatable bonds is 5. The first kappa shape index (κ1) is 15.5. The maximum Gasteiger partial charge on any atom is 0.0700 e. The largest absolute Gasteiger partial charge is 1.00 e. The quantitative estimate of drug-likeness (QED) is 0.817. The van der Waals surface area contributed by atoms with Crippen molar-refractivity contribution in [2.75, 3.05) is 13.2 Å². The van der Waals surface area contributed by atoms with Gasteiger partial charge in [-0.25, -0.2) is 0 Å². The fourth-order valence-corrected chi connectivity index (χ4v) is 2.20. The Morgan fingerprint density at radius 2 is 2.00 bits per heavy atom. The third kappa shape index (κ3) is 4.60. The molecule has 0 amide bonds. The lowest BCUT2D eigenvalue weighted by Crippen LogP contribution is -3.00. The van der Waals surface area contributed by atoms with Gasteiger partial charge in [0.25, 0.3) is 0 Å². The number of hydrogen-bond donors (Lipinski definition) is 1. The molecule has 1 aliphatic heterocycles. The summed E-state index contributed by atoms with van der Waals surface area (Å²) >= 11 is 0. The molecule has 1 saturated heterocycles. The van der Waals surface area contributed by atoms with Gasteiger partial charge in [-0.2, -0.15) is 0 Å². The second kappa shape index (κ2) is 7.78. The molecular formula is C15H23ClNO-. The minimum atomic E-state index is 0. The van der Waals surface area contributed by atoms with Crippen LogP contribution in [-0.4, -0.2) is 19.3 Å². The van der Waals surface area contributed by atoms with Gasteiger partial charge < -0.3 is 22.5 Å². The number of hydrogen-bond acceptors (Lipinski definition) is 2. The Bertz CT molecular complexity index is 331. The molecule has 0 aromatic heterocycles. The first-order chi connectivity index (χ1) is 8.25. The highest BCUT2D eigenvalue weighted by atomic mass is 35.5. The van der Waals surface area contributed by atoms with Crippen molar-refractivity contribution in [3.63, 3.8) is 0 Å². The molecule has 2 rings (SSSR count). The first-order valence-corrected chi connectivity index (χ1v) is 6.67. The molecule has 0 aliphatic carbocycles. The Morgan fingerprint density at radius 1 is 1.28 bits per heavy atom. The second-order valence-electron chi connectivity index (χ2n) is 5.16. The standard InChI is InChI=1S/C15H23NO.ClH/c1-12(2)14-7-5-13(6-8-14)10-16-11-15-4-3-9-17-15;/h5-8,12,15-16H,3-4,9-11H2,1-2H3;1H/p-1. The van der Waals surface area contributed by atoms with Crippen LogP contribution in [0.1, 0.15) is 43.7 Å². The van der Waals surface area contributed by atoms with Gasteiger partial charge in [-0.3, -0.25) is 0 Å². The smallest absolute Gasteiger partial charge is 0.0700 e. The van der Waals surface area contributed by atoms with Gasteiger partial charge >= 0.3 is 0 Å². The molecule has 18 heavy (non-hydrogen) atoms. The first-order valence-electron chi connectivity index (χ1n) is 6.67. The van der Waals surface area contributed by atoms with Crippen molar-refractivity contribution in [1.82, 2.24) is 5.32 Å². The van der Waals surface area contributed by atoms with Gasteiger partial charge in [-0.05, 0) is 29.9 Å². The Kier molecular flexibility index (Phi) is 6.69. The lowest BCUT2D eigenvalue weighted by Gasteiger charge is -2.11. The summed E-state index contributed by atoms with van der Waals surface area (Å²) in [5.41, 5.74) is 2.76. The van der Waals surface area contributed by atoms with Crippen molar-refractivity contribution in [2.24, 2.45) is 0 Å². The molecule has 0 radical (unpaired) electrons. The summed E-state index contributed by atoms with van der Waals surface area (Å²) in [5, 5.41) is 3.47. The normalized spacial score (nSPS) is 18.9. The van der Waals surface area contributed by atoms with E-state index in [1.807, 2.05) is 0 Å². The van der Waals surface area contributed by atoms with E-state index < -0.39 is 0 Å². The topological polar surface area (TPSA) is 21.3 Å². The molecule has 102 valence electrons. The van der Waals surface area contributed by atoms with Crippen LogP contribution in [-0.2, 0) is 11.3 Å². The highest BCUT2D eigenvalue weighted by Crippen LogP contribution is 2.15. The van der Waals surface area contributed by atoms with Crippen molar-refractivity contribution in [3.8, 4) is 0 Å². The van der Waals surface area contributed by atoms with Crippen molar-refractivity contribution in [3.05, 3.63) is 35.4 Å². The molecule has 1 heterocycles. The van der Waals surface area contributed by atoms with Crippen LogP contribution in [0.2, 0.25) is 0 Å². The van der Waals surface area contributed by atoms with E-state index in [9.17, 15) is 0 Å². The third-order valence-electron chi connectivity index (χ3n) is 3.37. The monoisotopic (exact) mass is 268 g/mol. The highest BCUT2D eigenvalue weighted by Gasteiger charge is 2.14. The van der Waals surface area contributed by atoms with Crippen molar-refractivity contribution in [1.29, 1.82) is 0 Å². The van der Waals surface area contributed by atoms with Crippen LogP contribution in [0, 0.1) is 0 Å². The van der Waals surface area contributed by atoms with Gasteiger partial charge in [0.15, 0.2) is 0 Å². The van der Waals surface area contributed by atoms with Crippen molar-refractivity contribution < 1.29 is 17.1 Å². The molecule has 1 unspecified atom stereocenters. The van der Waals surface area contributed by atoms with Crippen molar-refractivity contribution in [2.45, 2.75) is 45.3 Å². The fraction of sp³-hybridized carbons (Fsp3) is 0.600. The van der Waals surface area contributed by atoms with Crippen LogP contribution in [0.15, 0.2) is 24.3 Å². The SMILES string of the molecule is CC(C)c1ccc(CNCC2CCCO2)cc1.[Cl-]. The summed E-state index contributed by atoms with van der Waals surface area (Å²) in [6, 6.07) is 8.90. The van der Waals surface area contributed by atoms with Gasteiger partial charge in [-0.15, -0.1) is 0 Å². The molecule has 1 aliphatic rings. The Morgan fingerprint density at radius 3 is 2.56 bits per heavy atom. The lowest BCUT2D eigenvalue weighted by atomic mass is 10.0. The van der Waals surface area contributed by atoms with E-state index in [0.29, 0.717) is 12.0 Å². The summed E-state index contributed by atoms with van der Waals surface area (Å²) in [4.78, 5) is 0. The zero-order valence-electron chi connectivity index (χ0n) is 11.3. The van der Waals surface area contributed by atoms with E-state index in [1.54, 1.807) is 0 Å². The van der Waals surface area contributed by atoms with Crippen LogP contribution in [0.5, 0.6) is 0 Å². The van der Waals surface area contributed by atoms with E-state index >= 15 is 0 Å². The van der Waals surface area contributed by atoms with E-state index in [4.69, 9.17) is 4.74 Å². The summed E-state index contributed by atoms with van der Waals surface area (Å²) in [6.07, 6.45) is 2.86. The van der Waals surface area contributed by atoms with Crippen LogP contribution in [0.25, 0.3) is 0 Å². The molecule has 1 aromatic rings. The zero-order valence-corrected chi connectivity index (χ0v) is 12.0. The zero-order chi connectivity index (χ0) is 12.1. The lowest BCUT2D eigenvalue weighted by molar-refractivity contribution is -0.00000499. The molecule has 0 bridgehead atoms. The maximum atomic E-state index is 5.58. The highest BCUT2D eigenvalue weighted by molar-refractivity contribution is 5.24. The molecular weight excluding hydrogens is 246 g/mol. The molecule has 0 saturated carbocycles. The van der Waals surface area contributed by atoms with E-state index in [2.05, 4.69) is 43.4 Å².